The summed E-state index contributed by atoms with van der Waals surface area (Å²) in [7, 11) is 0. The number of nitrogens with two attached hydrogens (primary N) is 1. The van der Waals surface area contributed by atoms with Gasteiger partial charge < -0.3 is 16.2 Å². The standard InChI is InChI=1S/C16H24N2O2/c17-10-13-5-1-2-6-14(13)11-18-16(20)9-12-4-3-7-15(19)8-12/h3-4,7-8,13-14,19H,1-2,5-6,9-11,17H2,(H,18,20). The van der Waals surface area contributed by atoms with Gasteiger partial charge in [-0.1, -0.05) is 25.0 Å². The van der Waals surface area contributed by atoms with Gasteiger partial charge in [0.2, 0.25) is 5.91 Å². The third kappa shape index (κ3) is 4.23. The fourth-order valence-corrected chi connectivity index (χ4v) is 3.02. The minimum Gasteiger partial charge on any atom is -0.508 e. The van der Waals surface area contributed by atoms with Crippen molar-refractivity contribution in [3.63, 3.8) is 0 Å². The lowest BCUT2D eigenvalue weighted by Gasteiger charge is -2.30. The predicted octanol–water partition coefficient (Wildman–Crippen LogP) is 1.82. The molecule has 1 saturated carbocycles. The highest BCUT2D eigenvalue weighted by Gasteiger charge is 2.24. The summed E-state index contributed by atoms with van der Waals surface area (Å²) in [6.07, 6.45) is 5.16. The average Bonchev–Trinajstić information content (AvgIpc) is 2.45. The normalized spacial score (nSPS) is 22.4. The highest BCUT2D eigenvalue weighted by molar-refractivity contribution is 5.78. The molecule has 1 aromatic carbocycles. The summed E-state index contributed by atoms with van der Waals surface area (Å²) in [5.74, 6) is 1.27. The van der Waals surface area contributed by atoms with Crippen LogP contribution in [0.25, 0.3) is 0 Å². The molecule has 1 aliphatic rings. The van der Waals surface area contributed by atoms with Crippen LogP contribution in [0.15, 0.2) is 24.3 Å². The lowest BCUT2D eigenvalue weighted by atomic mass is 9.79. The molecule has 110 valence electrons. The van der Waals surface area contributed by atoms with Gasteiger partial charge in [0.05, 0.1) is 6.42 Å². The summed E-state index contributed by atoms with van der Waals surface area (Å²) < 4.78 is 0. The third-order valence-electron chi connectivity index (χ3n) is 4.21. The molecular weight excluding hydrogens is 252 g/mol. The van der Waals surface area contributed by atoms with Gasteiger partial charge in [0, 0.05) is 6.54 Å². The molecule has 4 heteroatoms. The Labute approximate surface area is 120 Å². The molecule has 20 heavy (non-hydrogen) atoms. The minimum absolute atomic E-state index is 0.0111. The predicted molar refractivity (Wildman–Crippen MR) is 79.3 cm³/mol. The van der Waals surface area contributed by atoms with Gasteiger partial charge in [-0.2, -0.15) is 0 Å². The third-order valence-corrected chi connectivity index (χ3v) is 4.21. The molecule has 0 heterocycles. The van der Waals surface area contributed by atoms with E-state index < -0.39 is 0 Å². The molecule has 2 unspecified atom stereocenters. The number of carbonyl (C=O) groups excluding carboxylic acids is 1. The quantitative estimate of drug-likeness (QED) is 0.768. The number of phenols is 1. The Kier molecular flexibility index (Phi) is 5.41. The second kappa shape index (κ2) is 7.29. The summed E-state index contributed by atoms with van der Waals surface area (Å²) >= 11 is 0. The molecule has 4 nitrogen and oxygen atoms in total. The highest BCUT2D eigenvalue weighted by Crippen LogP contribution is 2.28. The summed E-state index contributed by atoms with van der Waals surface area (Å²) in [5, 5.41) is 12.4. The Morgan fingerprint density at radius 3 is 2.75 bits per heavy atom. The average molecular weight is 276 g/mol. The number of amides is 1. The van der Waals surface area contributed by atoms with Gasteiger partial charge in [0.15, 0.2) is 0 Å². The van der Waals surface area contributed by atoms with Gasteiger partial charge in [0.25, 0.3) is 0 Å². The first-order valence-electron chi connectivity index (χ1n) is 7.43. The Hall–Kier alpha value is -1.55. The first kappa shape index (κ1) is 14.9. The minimum atomic E-state index is 0.0111. The largest absolute Gasteiger partial charge is 0.508 e. The number of carbonyl (C=O) groups is 1. The first-order chi connectivity index (χ1) is 9.69. The Morgan fingerprint density at radius 2 is 2.05 bits per heavy atom. The summed E-state index contributed by atoms with van der Waals surface area (Å²) in [4.78, 5) is 11.9. The van der Waals surface area contributed by atoms with Crippen LogP contribution in [-0.4, -0.2) is 24.1 Å². The second-order valence-corrected chi connectivity index (χ2v) is 5.69. The summed E-state index contributed by atoms with van der Waals surface area (Å²) in [6.45, 7) is 1.44. The van der Waals surface area contributed by atoms with Gasteiger partial charge in [-0.15, -0.1) is 0 Å². The van der Waals surface area contributed by atoms with Crippen molar-refractivity contribution in [2.45, 2.75) is 32.1 Å². The number of aromatic hydroxyl groups is 1. The van der Waals surface area contributed by atoms with Crippen LogP contribution in [0.2, 0.25) is 0 Å². The van der Waals surface area contributed by atoms with Gasteiger partial charge in [-0.25, -0.2) is 0 Å². The van der Waals surface area contributed by atoms with E-state index in [0.29, 0.717) is 24.8 Å². The smallest absolute Gasteiger partial charge is 0.224 e. The van der Waals surface area contributed by atoms with E-state index in [-0.39, 0.29) is 11.7 Å². The van der Waals surface area contributed by atoms with Crippen LogP contribution in [0.4, 0.5) is 0 Å². The molecule has 0 bridgehead atoms. The fourth-order valence-electron chi connectivity index (χ4n) is 3.02. The van der Waals surface area contributed by atoms with E-state index in [9.17, 15) is 9.90 Å². The molecule has 0 aliphatic heterocycles. The van der Waals surface area contributed by atoms with E-state index >= 15 is 0 Å². The van der Waals surface area contributed by atoms with Crippen molar-refractivity contribution in [2.75, 3.05) is 13.1 Å². The molecule has 0 spiro atoms. The van der Waals surface area contributed by atoms with Crippen LogP contribution in [0.3, 0.4) is 0 Å². The van der Waals surface area contributed by atoms with E-state index in [0.717, 1.165) is 18.5 Å². The van der Waals surface area contributed by atoms with Crippen LogP contribution in [0, 0.1) is 11.8 Å². The van der Waals surface area contributed by atoms with Crippen molar-refractivity contribution in [3.05, 3.63) is 29.8 Å². The van der Waals surface area contributed by atoms with Crippen molar-refractivity contribution < 1.29 is 9.90 Å². The first-order valence-corrected chi connectivity index (χ1v) is 7.43. The maximum absolute atomic E-state index is 11.9. The van der Waals surface area contributed by atoms with Gasteiger partial charge in [0.1, 0.15) is 5.75 Å². The molecule has 0 saturated heterocycles. The number of rotatable bonds is 5. The zero-order chi connectivity index (χ0) is 14.4. The lowest BCUT2D eigenvalue weighted by Crippen LogP contribution is -2.37. The van der Waals surface area contributed by atoms with E-state index in [1.54, 1.807) is 18.2 Å². The van der Waals surface area contributed by atoms with Crippen LogP contribution >= 0.6 is 0 Å². The Bertz CT molecular complexity index is 448. The van der Waals surface area contributed by atoms with E-state index in [4.69, 9.17) is 5.73 Å². The molecule has 0 radical (unpaired) electrons. The lowest BCUT2D eigenvalue weighted by molar-refractivity contribution is -0.120. The van der Waals surface area contributed by atoms with E-state index in [2.05, 4.69) is 5.32 Å². The molecule has 4 N–H and O–H groups in total. The number of nitrogens with one attached hydrogen (secondary N) is 1. The highest BCUT2D eigenvalue weighted by atomic mass is 16.3. The number of phenolic OH excluding ortho intramolecular Hbond substituents is 1. The van der Waals surface area contributed by atoms with Crippen molar-refractivity contribution in [2.24, 2.45) is 17.6 Å². The van der Waals surface area contributed by atoms with Crippen LogP contribution in [0.1, 0.15) is 31.2 Å². The fraction of sp³-hybridized carbons (Fsp3) is 0.562. The van der Waals surface area contributed by atoms with Crippen LogP contribution in [0.5, 0.6) is 5.75 Å². The van der Waals surface area contributed by atoms with Crippen LogP contribution in [-0.2, 0) is 11.2 Å². The molecule has 1 fully saturated rings. The maximum atomic E-state index is 11.9. The van der Waals surface area contributed by atoms with E-state index in [1.807, 2.05) is 6.07 Å². The summed E-state index contributed by atoms with van der Waals surface area (Å²) in [6, 6.07) is 6.84. The van der Waals surface area contributed by atoms with Crippen LogP contribution < -0.4 is 11.1 Å². The molecular formula is C16H24N2O2. The maximum Gasteiger partial charge on any atom is 0.224 e. The molecule has 1 aromatic rings. The van der Waals surface area contributed by atoms with Gasteiger partial charge >= 0.3 is 0 Å². The number of hydrogen-bond donors (Lipinski definition) is 3. The van der Waals surface area contributed by atoms with E-state index in [1.165, 1.54) is 19.3 Å². The SMILES string of the molecule is NCC1CCCCC1CNC(=O)Cc1cccc(O)c1. The van der Waals surface area contributed by atoms with Crippen molar-refractivity contribution in [1.29, 1.82) is 0 Å². The monoisotopic (exact) mass is 276 g/mol. The Balaban J connectivity index is 1.79. The number of benzene rings is 1. The van der Waals surface area contributed by atoms with Crippen molar-refractivity contribution in [1.82, 2.24) is 5.32 Å². The van der Waals surface area contributed by atoms with Gasteiger partial charge in [-0.3, -0.25) is 4.79 Å². The molecule has 1 aliphatic carbocycles. The van der Waals surface area contributed by atoms with Crippen molar-refractivity contribution >= 4 is 5.91 Å². The zero-order valence-electron chi connectivity index (χ0n) is 11.8. The second-order valence-electron chi connectivity index (χ2n) is 5.69. The zero-order valence-corrected chi connectivity index (χ0v) is 11.8. The van der Waals surface area contributed by atoms with Crippen molar-refractivity contribution in [3.8, 4) is 5.75 Å². The molecule has 2 atom stereocenters. The Morgan fingerprint density at radius 1 is 1.30 bits per heavy atom. The molecule has 1 amide bonds. The van der Waals surface area contributed by atoms with Gasteiger partial charge in [-0.05, 0) is 48.9 Å². The number of hydrogen-bond acceptors (Lipinski definition) is 3. The summed E-state index contributed by atoms with van der Waals surface area (Å²) in [5.41, 5.74) is 6.63. The molecule has 2 rings (SSSR count). The topological polar surface area (TPSA) is 75.3 Å². The molecule has 0 aromatic heterocycles.